The Morgan fingerprint density at radius 2 is 2.06 bits per heavy atom. The molecule has 3 N–H and O–H groups in total. The summed E-state index contributed by atoms with van der Waals surface area (Å²) < 4.78 is 6.19. The summed E-state index contributed by atoms with van der Waals surface area (Å²) >= 11 is 6.00. The minimum atomic E-state index is -0.908. The molecule has 5 rings (SSSR count). The summed E-state index contributed by atoms with van der Waals surface area (Å²) in [5, 5.41) is 18.6. The smallest absolute Gasteiger partial charge is 0.127 e. The van der Waals surface area contributed by atoms with Crippen LogP contribution in [0.5, 0.6) is 5.75 Å². The van der Waals surface area contributed by atoms with E-state index in [1.807, 2.05) is 44.3 Å². The molecular formula is C30H36ClN3O2. The summed E-state index contributed by atoms with van der Waals surface area (Å²) in [4.78, 5) is 2.54. The summed E-state index contributed by atoms with van der Waals surface area (Å²) in [7, 11) is 0. The Bertz CT molecular complexity index is 1160. The minimum Gasteiger partial charge on any atom is -0.490 e. The van der Waals surface area contributed by atoms with E-state index in [0.29, 0.717) is 12.6 Å². The number of ether oxygens (including phenoxy) is 1. The van der Waals surface area contributed by atoms with Crippen molar-refractivity contribution in [2.75, 3.05) is 26.2 Å². The third kappa shape index (κ3) is 5.87. The lowest BCUT2D eigenvalue weighted by molar-refractivity contribution is 0.0785. The van der Waals surface area contributed by atoms with Crippen molar-refractivity contribution < 1.29 is 9.84 Å². The van der Waals surface area contributed by atoms with E-state index >= 15 is 0 Å². The van der Waals surface area contributed by atoms with E-state index in [9.17, 15) is 5.11 Å². The van der Waals surface area contributed by atoms with Gasteiger partial charge in [0, 0.05) is 36.3 Å². The molecule has 3 heterocycles. The number of allylic oxidation sites excluding steroid dienone is 2. The van der Waals surface area contributed by atoms with E-state index < -0.39 is 5.60 Å². The Labute approximate surface area is 219 Å². The number of benzene rings is 2. The van der Waals surface area contributed by atoms with Gasteiger partial charge in [-0.25, -0.2) is 0 Å². The van der Waals surface area contributed by atoms with Crippen molar-refractivity contribution in [3.63, 3.8) is 0 Å². The van der Waals surface area contributed by atoms with Crippen LogP contribution in [0.25, 0.3) is 5.57 Å². The zero-order chi connectivity index (χ0) is 25.1. The summed E-state index contributed by atoms with van der Waals surface area (Å²) in [6.07, 6.45) is 10.7. The molecule has 0 aromatic heterocycles. The normalized spacial score (nSPS) is 22.9. The Morgan fingerprint density at radius 1 is 1.22 bits per heavy atom. The van der Waals surface area contributed by atoms with Crippen LogP contribution in [0.4, 0.5) is 0 Å². The Balaban J connectivity index is 1.27. The van der Waals surface area contributed by atoms with Gasteiger partial charge >= 0.3 is 0 Å². The average Bonchev–Trinajstić information content (AvgIpc) is 3.26. The van der Waals surface area contributed by atoms with E-state index in [1.54, 1.807) is 0 Å². The third-order valence-electron chi connectivity index (χ3n) is 7.31. The van der Waals surface area contributed by atoms with Gasteiger partial charge in [0.2, 0.25) is 0 Å². The molecule has 190 valence electrons. The summed E-state index contributed by atoms with van der Waals surface area (Å²) in [6, 6.07) is 14.8. The maximum absolute atomic E-state index is 10.6. The van der Waals surface area contributed by atoms with Crippen molar-refractivity contribution in [2.45, 2.75) is 50.9 Å². The van der Waals surface area contributed by atoms with Gasteiger partial charge in [-0.05, 0) is 92.0 Å². The molecule has 1 unspecified atom stereocenters. The molecule has 2 aromatic rings. The van der Waals surface area contributed by atoms with Gasteiger partial charge in [-0.1, -0.05) is 42.0 Å². The van der Waals surface area contributed by atoms with Gasteiger partial charge in [0.15, 0.2) is 0 Å². The maximum Gasteiger partial charge on any atom is 0.127 e. The van der Waals surface area contributed by atoms with Crippen LogP contribution in [-0.2, 0) is 12.1 Å². The van der Waals surface area contributed by atoms with Crippen LogP contribution in [0.2, 0.25) is 5.02 Å². The van der Waals surface area contributed by atoms with Gasteiger partial charge in [-0.2, -0.15) is 0 Å². The first-order valence-electron chi connectivity index (χ1n) is 12.9. The molecule has 6 heteroatoms. The molecule has 0 aliphatic carbocycles. The Kier molecular flexibility index (Phi) is 7.54. The second-order valence-corrected chi connectivity index (χ2v) is 10.9. The average molecular weight is 506 g/mol. The van der Waals surface area contributed by atoms with Gasteiger partial charge in [-0.15, -0.1) is 0 Å². The molecule has 5 nitrogen and oxygen atoms in total. The van der Waals surface area contributed by atoms with E-state index in [-0.39, 0.29) is 6.04 Å². The molecule has 0 bridgehead atoms. The molecule has 3 aliphatic rings. The topological polar surface area (TPSA) is 56.8 Å². The van der Waals surface area contributed by atoms with Gasteiger partial charge < -0.3 is 25.4 Å². The minimum absolute atomic E-state index is 0.118. The molecule has 1 saturated heterocycles. The summed E-state index contributed by atoms with van der Waals surface area (Å²) in [5.41, 5.74) is 4.75. The summed E-state index contributed by atoms with van der Waals surface area (Å²) in [6.45, 7) is 8.30. The largest absolute Gasteiger partial charge is 0.490 e. The van der Waals surface area contributed by atoms with Crippen molar-refractivity contribution in [1.29, 1.82) is 0 Å². The predicted molar refractivity (Wildman–Crippen MR) is 147 cm³/mol. The zero-order valence-corrected chi connectivity index (χ0v) is 21.9. The highest BCUT2D eigenvalue weighted by Gasteiger charge is 2.28. The van der Waals surface area contributed by atoms with Crippen LogP contribution >= 0.6 is 11.6 Å². The molecule has 2 atom stereocenters. The number of likely N-dealkylation sites (tertiary alicyclic amines) is 1. The number of nitrogens with one attached hydrogen (secondary N) is 2. The van der Waals surface area contributed by atoms with Gasteiger partial charge in [0.1, 0.15) is 12.4 Å². The van der Waals surface area contributed by atoms with Crippen molar-refractivity contribution in [3.8, 4) is 5.75 Å². The molecule has 0 saturated carbocycles. The molecule has 3 aliphatic heterocycles. The lowest BCUT2D eigenvalue weighted by atomic mass is 9.88. The first-order chi connectivity index (χ1) is 17.4. The molecular weight excluding hydrogens is 470 g/mol. The molecule has 2 aromatic carbocycles. The van der Waals surface area contributed by atoms with Crippen LogP contribution < -0.4 is 15.4 Å². The molecule has 36 heavy (non-hydrogen) atoms. The highest BCUT2D eigenvalue weighted by atomic mass is 35.5. The number of dihydropyridines is 1. The van der Waals surface area contributed by atoms with E-state index in [0.717, 1.165) is 60.9 Å². The lowest BCUT2D eigenvalue weighted by Gasteiger charge is -2.23. The second kappa shape index (κ2) is 10.8. The molecule has 0 radical (unpaired) electrons. The second-order valence-electron chi connectivity index (χ2n) is 10.5. The zero-order valence-electron chi connectivity index (χ0n) is 21.1. The standard InChI is InChI=1S/C30H36ClN3O2/c1-30(2,35)22-9-12-29-27(17-22)25(26-5-3-14-32-28(26)20-36-29)6-4-15-34-16-13-24(19-34)33-18-21-7-10-23(31)11-8-21/h3,5-12,14,17,24,28,32-33,35H,4,13,15-16,18-20H2,1-2H3/b25-6+/t24-,28?/m1/s1. The van der Waals surface area contributed by atoms with Gasteiger partial charge in [-0.3, -0.25) is 0 Å². The number of hydrogen-bond donors (Lipinski definition) is 3. The molecule has 0 spiro atoms. The monoisotopic (exact) mass is 505 g/mol. The number of aliphatic hydroxyl groups is 1. The fourth-order valence-corrected chi connectivity index (χ4v) is 5.33. The molecule has 0 amide bonds. The number of rotatable bonds is 7. The van der Waals surface area contributed by atoms with E-state index in [2.05, 4.69) is 52.0 Å². The fourth-order valence-electron chi connectivity index (χ4n) is 5.21. The maximum atomic E-state index is 10.6. The SMILES string of the molecule is CC(C)(O)c1ccc2c(c1)/C(=C/CCN1CC[C@@H](NCc3ccc(Cl)cc3)C1)C1=CC=CNC1CO2. The van der Waals surface area contributed by atoms with Crippen LogP contribution in [-0.4, -0.2) is 48.3 Å². The van der Waals surface area contributed by atoms with Crippen LogP contribution in [0, 0.1) is 0 Å². The van der Waals surface area contributed by atoms with Crippen molar-refractivity contribution in [2.24, 2.45) is 0 Å². The predicted octanol–water partition coefficient (Wildman–Crippen LogP) is 5.01. The van der Waals surface area contributed by atoms with Crippen molar-refractivity contribution in [1.82, 2.24) is 15.5 Å². The first kappa shape index (κ1) is 25.1. The van der Waals surface area contributed by atoms with Crippen LogP contribution in [0.15, 0.2) is 72.5 Å². The van der Waals surface area contributed by atoms with Gasteiger partial charge in [0.25, 0.3) is 0 Å². The van der Waals surface area contributed by atoms with Crippen LogP contribution in [0.3, 0.4) is 0 Å². The quantitative estimate of drug-likeness (QED) is 0.494. The summed E-state index contributed by atoms with van der Waals surface area (Å²) in [5.74, 6) is 0.874. The number of nitrogens with zero attached hydrogens (tertiary/aromatic N) is 1. The van der Waals surface area contributed by atoms with Crippen LogP contribution in [0.1, 0.15) is 43.4 Å². The lowest BCUT2D eigenvalue weighted by Crippen LogP contribution is -2.33. The van der Waals surface area contributed by atoms with Crippen molar-refractivity contribution in [3.05, 3.63) is 94.2 Å². The number of fused-ring (bicyclic) bond motifs is 2. The van der Waals surface area contributed by atoms with E-state index in [1.165, 1.54) is 16.7 Å². The first-order valence-corrected chi connectivity index (χ1v) is 13.3. The fraction of sp³-hybridized carbons (Fsp3) is 0.400. The highest BCUT2D eigenvalue weighted by molar-refractivity contribution is 6.30. The van der Waals surface area contributed by atoms with Gasteiger partial charge in [0.05, 0.1) is 11.6 Å². The Morgan fingerprint density at radius 3 is 2.86 bits per heavy atom. The van der Waals surface area contributed by atoms with E-state index in [4.69, 9.17) is 16.3 Å². The van der Waals surface area contributed by atoms with Crippen molar-refractivity contribution >= 4 is 17.2 Å². The number of halogens is 1. The molecule has 1 fully saturated rings. The highest BCUT2D eigenvalue weighted by Crippen LogP contribution is 2.39. The Hall–Kier alpha value is -2.57. The third-order valence-corrected chi connectivity index (χ3v) is 7.56. The number of hydrogen-bond acceptors (Lipinski definition) is 5.